The highest BCUT2D eigenvalue weighted by Gasteiger charge is 2.28. The lowest BCUT2D eigenvalue weighted by Crippen LogP contribution is -2.41. The normalized spacial score (nSPS) is 20.2. The molecule has 1 aliphatic heterocycles. The monoisotopic (exact) mass is 281 g/mol. The number of Topliss-reactive ketones (excluding diaryl/α,β-unsaturated/α-hetero) is 1. The summed E-state index contributed by atoms with van der Waals surface area (Å²) in [5.41, 5.74) is 0. The van der Waals surface area contributed by atoms with E-state index in [0.29, 0.717) is 19.7 Å². The summed E-state index contributed by atoms with van der Waals surface area (Å²) in [5, 5.41) is 1.92. The molecule has 19 heavy (non-hydrogen) atoms. The smallest absolute Gasteiger partial charge is 0.320 e. The summed E-state index contributed by atoms with van der Waals surface area (Å²) in [5.74, 6) is 0.0251. The molecular weight excluding hydrogens is 262 g/mol. The Morgan fingerprint density at radius 2 is 2.37 bits per heavy atom. The minimum Gasteiger partial charge on any atom is -0.465 e. The predicted molar refractivity (Wildman–Crippen MR) is 74.4 cm³/mol. The molecule has 0 saturated carbocycles. The van der Waals surface area contributed by atoms with Crippen LogP contribution in [0.3, 0.4) is 0 Å². The van der Waals surface area contributed by atoms with Crippen LogP contribution in [0.1, 0.15) is 29.4 Å². The van der Waals surface area contributed by atoms with Crippen molar-refractivity contribution in [2.24, 2.45) is 5.92 Å². The number of hydrogen-bond acceptors (Lipinski definition) is 5. The number of ether oxygens (including phenoxy) is 1. The maximum absolute atomic E-state index is 12.3. The minimum atomic E-state index is -0.202. The van der Waals surface area contributed by atoms with E-state index in [2.05, 4.69) is 0 Å². The number of carbonyl (C=O) groups is 2. The Balaban J connectivity index is 1.90. The molecule has 0 spiro atoms. The Morgan fingerprint density at radius 1 is 1.53 bits per heavy atom. The molecule has 5 heteroatoms. The molecule has 0 aliphatic carbocycles. The van der Waals surface area contributed by atoms with Gasteiger partial charge in [-0.3, -0.25) is 14.5 Å². The molecule has 1 aliphatic rings. The highest BCUT2D eigenvalue weighted by atomic mass is 32.1. The highest BCUT2D eigenvalue weighted by Crippen LogP contribution is 2.23. The van der Waals surface area contributed by atoms with Crippen molar-refractivity contribution in [1.82, 2.24) is 4.90 Å². The first-order valence-electron chi connectivity index (χ1n) is 6.66. The van der Waals surface area contributed by atoms with Crippen LogP contribution < -0.4 is 0 Å². The van der Waals surface area contributed by atoms with Gasteiger partial charge in [0.1, 0.15) is 0 Å². The molecule has 0 aromatic carbocycles. The maximum Gasteiger partial charge on any atom is 0.320 e. The Kier molecular flexibility index (Phi) is 5.10. The number of hydrogen-bond donors (Lipinski definition) is 0. The van der Waals surface area contributed by atoms with E-state index in [9.17, 15) is 9.59 Å². The Labute approximate surface area is 117 Å². The number of esters is 1. The molecule has 0 radical (unpaired) electrons. The number of ketones is 1. The van der Waals surface area contributed by atoms with Crippen molar-refractivity contribution in [2.75, 3.05) is 26.2 Å². The van der Waals surface area contributed by atoms with E-state index >= 15 is 0 Å². The molecule has 1 atom stereocenters. The molecule has 2 rings (SSSR count). The molecule has 1 aromatic rings. The van der Waals surface area contributed by atoms with E-state index in [1.807, 2.05) is 22.4 Å². The molecule has 0 bridgehead atoms. The van der Waals surface area contributed by atoms with Crippen molar-refractivity contribution in [2.45, 2.75) is 19.8 Å². The second kappa shape index (κ2) is 6.82. The van der Waals surface area contributed by atoms with Crippen LogP contribution in [0, 0.1) is 5.92 Å². The van der Waals surface area contributed by atoms with Crippen LogP contribution in [0.4, 0.5) is 0 Å². The fourth-order valence-electron chi connectivity index (χ4n) is 2.42. The molecular formula is C14H19NO3S. The lowest BCUT2D eigenvalue weighted by Gasteiger charge is -2.30. The SMILES string of the molecule is CCOC(=O)CN1CCC[C@@H](C(=O)c2cccs2)C1. The van der Waals surface area contributed by atoms with Crippen LogP contribution in [0.25, 0.3) is 0 Å². The second-order valence-electron chi connectivity index (χ2n) is 4.72. The molecule has 1 saturated heterocycles. The van der Waals surface area contributed by atoms with E-state index in [4.69, 9.17) is 4.74 Å². The molecule has 0 N–H and O–H groups in total. The Bertz CT molecular complexity index is 430. The van der Waals surface area contributed by atoms with Gasteiger partial charge in [0.25, 0.3) is 0 Å². The lowest BCUT2D eigenvalue weighted by atomic mass is 9.93. The molecule has 1 aromatic heterocycles. The van der Waals surface area contributed by atoms with Gasteiger partial charge in [-0.1, -0.05) is 6.07 Å². The molecule has 0 unspecified atom stereocenters. The number of likely N-dealkylation sites (tertiary alicyclic amines) is 1. The first-order chi connectivity index (χ1) is 9.20. The maximum atomic E-state index is 12.3. The Morgan fingerprint density at radius 3 is 3.05 bits per heavy atom. The van der Waals surface area contributed by atoms with Gasteiger partial charge >= 0.3 is 5.97 Å². The largest absolute Gasteiger partial charge is 0.465 e. The molecule has 2 heterocycles. The van der Waals surface area contributed by atoms with Gasteiger partial charge in [0.15, 0.2) is 5.78 Å². The summed E-state index contributed by atoms with van der Waals surface area (Å²) in [6.45, 7) is 4.03. The average Bonchev–Trinajstić information content (AvgIpc) is 2.92. The molecule has 104 valence electrons. The summed E-state index contributed by atoms with van der Waals surface area (Å²) in [4.78, 5) is 26.6. The zero-order chi connectivity index (χ0) is 13.7. The Hall–Kier alpha value is -1.20. The first-order valence-corrected chi connectivity index (χ1v) is 7.54. The van der Waals surface area contributed by atoms with Crippen LogP contribution >= 0.6 is 11.3 Å². The summed E-state index contributed by atoms with van der Waals surface area (Å²) in [6, 6.07) is 3.77. The van der Waals surface area contributed by atoms with Gasteiger partial charge in [0.05, 0.1) is 18.0 Å². The number of thiophene rings is 1. The van der Waals surface area contributed by atoms with Crippen LogP contribution in [0.2, 0.25) is 0 Å². The standard InChI is InChI=1S/C14H19NO3S/c1-2-18-13(16)10-15-7-3-5-11(9-15)14(17)12-6-4-8-19-12/h4,6,8,11H,2-3,5,7,9-10H2,1H3/t11-/m1/s1. The van der Waals surface area contributed by atoms with Gasteiger partial charge in [0.2, 0.25) is 0 Å². The van der Waals surface area contributed by atoms with E-state index in [1.165, 1.54) is 11.3 Å². The number of carbonyl (C=O) groups excluding carboxylic acids is 2. The van der Waals surface area contributed by atoms with Crippen molar-refractivity contribution in [3.8, 4) is 0 Å². The number of piperidine rings is 1. The van der Waals surface area contributed by atoms with Gasteiger partial charge in [0, 0.05) is 12.5 Å². The van der Waals surface area contributed by atoms with Crippen molar-refractivity contribution in [1.29, 1.82) is 0 Å². The fourth-order valence-corrected chi connectivity index (χ4v) is 3.17. The first kappa shape index (κ1) is 14.2. The third-order valence-corrected chi connectivity index (χ3v) is 4.18. The van der Waals surface area contributed by atoms with Crippen LogP contribution in [-0.2, 0) is 9.53 Å². The van der Waals surface area contributed by atoms with Gasteiger partial charge < -0.3 is 4.74 Å². The highest BCUT2D eigenvalue weighted by molar-refractivity contribution is 7.12. The summed E-state index contributed by atoms with van der Waals surface area (Å²) in [6.07, 6.45) is 1.87. The van der Waals surface area contributed by atoms with Crippen molar-refractivity contribution in [3.63, 3.8) is 0 Å². The van der Waals surface area contributed by atoms with E-state index in [0.717, 1.165) is 24.3 Å². The molecule has 0 amide bonds. The van der Waals surface area contributed by atoms with Crippen molar-refractivity contribution in [3.05, 3.63) is 22.4 Å². The molecule has 1 fully saturated rings. The van der Waals surface area contributed by atoms with Crippen LogP contribution in [0.5, 0.6) is 0 Å². The zero-order valence-corrected chi connectivity index (χ0v) is 11.9. The quantitative estimate of drug-likeness (QED) is 0.613. The zero-order valence-electron chi connectivity index (χ0n) is 11.1. The van der Waals surface area contributed by atoms with Gasteiger partial charge in [-0.2, -0.15) is 0 Å². The third kappa shape index (κ3) is 3.88. The summed E-state index contributed by atoms with van der Waals surface area (Å²) < 4.78 is 4.95. The van der Waals surface area contributed by atoms with E-state index in [1.54, 1.807) is 6.92 Å². The fraction of sp³-hybridized carbons (Fsp3) is 0.571. The molecule has 4 nitrogen and oxygen atoms in total. The third-order valence-electron chi connectivity index (χ3n) is 3.30. The lowest BCUT2D eigenvalue weighted by molar-refractivity contribution is -0.144. The number of rotatable bonds is 5. The van der Waals surface area contributed by atoms with Crippen molar-refractivity contribution >= 4 is 23.1 Å². The number of nitrogens with zero attached hydrogens (tertiary/aromatic N) is 1. The van der Waals surface area contributed by atoms with Crippen LogP contribution in [-0.4, -0.2) is 42.9 Å². The summed E-state index contributed by atoms with van der Waals surface area (Å²) >= 11 is 1.49. The van der Waals surface area contributed by atoms with E-state index in [-0.39, 0.29) is 17.7 Å². The van der Waals surface area contributed by atoms with Crippen LogP contribution in [0.15, 0.2) is 17.5 Å². The van der Waals surface area contributed by atoms with Gasteiger partial charge in [-0.25, -0.2) is 0 Å². The minimum absolute atomic E-state index is 0.0156. The summed E-state index contributed by atoms with van der Waals surface area (Å²) in [7, 11) is 0. The van der Waals surface area contributed by atoms with Gasteiger partial charge in [-0.15, -0.1) is 11.3 Å². The van der Waals surface area contributed by atoms with Crippen molar-refractivity contribution < 1.29 is 14.3 Å². The predicted octanol–water partition coefficient (Wildman–Crippen LogP) is 2.21. The van der Waals surface area contributed by atoms with E-state index < -0.39 is 0 Å². The average molecular weight is 281 g/mol. The topological polar surface area (TPSA) is 46.6 Å². The second-order valence-corrected chi connectivity index (χ2v) is 5.67. The van der Waals surface area contributed by atoms with Gasteiger partial charge in [-0.05, 0) is 37.8 Å².